The average molecular weight is 227 g/mol. The number of aromatic nitrogens is 2. The highest BCUT2D eigenvalue weighted by molar-refractivity contribution is 6.30. The molecule has 0 aliphatic carbocycles. The normalized spacial score (nSPS) is 21.3. The van der Waals surface area contributed by atoms with Crippen LogP contribution >= 0.6 is 11.6 Å². The van der Waals surface area contributed by atoms with Crippen molar-refractivity contribution in [3.8, 4) is 0 Å². The summed E-state index contributed by atoms with van der Waals surface area (Å²) in [5, 5.41) is 7.17. The van der Waals surface area contributed by atoms with E-state index in [1.165, 1.54) is 12.8 Å². The van der Waals surface area contributed by atoms with Crippen LogP contribution in [0, 0.1) is 5.92 Å². The number of nitrogens with one attached hydrogen (secondary N) is 2. The first-order chi connectivity index (χ1) is 7.34. The van der Waals surface area contributed by atoms with E-state index in [2.05, 4.69) is 20.6 Å². The molecule has 1 aliphatic heterocycles. The maximum Gasteiger partial charge on any atom is 0.222 e. The third kappa shape index (κ3) is 3.32. The summed E-state index contributed by atoms with van der Waals surface area (Å²) in [5.74, 6) is 1.34. The lowest BCUT2D eigenvalue weighted by Crippen LogP contribution is -2.33. The highest BCUT2D eigenvalue weighted by Gasteiger charge is 2.12. The van der Waals surface area contributed by atoms with Crippen molar-refractivity contribution in [3.05, 3.63) is 17.4 Å². The summed E-state index contributed by atoms with van der Waals surface area (Å²) in [7, 11) is 0. The van der Waals surface area contributed by atoms with E-state index in [4.69, 9.17) is 11.6 Å². The molecule has 1 aromatic rings. The third-order valence-electron chi connectivity index (χ3n) is 2.57. The van der Waals surface area contributed by atoms with Gasteiger partial charge in [-0.3, -0.25) is 0 Å². The molecule has 1 aliphatic rings. The zero-order valence-electron chi connectivity index (χ0n) is 8.54. The van der Waals surface area contributed by atoms with Crippen molar-refractivity contribution >= 4 is 17.5 Å². The molecule has 2 rings (SSSR count). The molecule has 1 aromatic heterocycles. The zero-order valence-corrected chi connectivity index (χ0v) is 9.30. The quantitative estimate of drug-likeness (QED) is 0.821. The predicted octanol–water partition coefficient (Wildman–Crippen LogP) is 1.54. The van der Waals surface area contributed by atoms with Gasteiger partial charge in [-0.05, 0) is 31.8 Å². The Kier molecular flexibility index (Phi) is 3.75. The van der Waals surface area contributed by atoms with Gasteiger partial charge in [0.1, 0.15) is 0 Å². The van der Waals surface area contributed by atoms with E-state index in [1.54, 1.807) is 12.4 Å². The first kappa shape index (κ1) is 10.6. The van der Waals surface area contributed by atoms with Gasteiger partial charge in [-0.2, -0.15) is 0 Å². The molecule has 0 spiro atoms. The van der Waals surface area contributed by atoms with E-state index < -0.39 is 0 Å². The summed E-state index contributed by atoms with van der Waals surface area (Å²) in [6.07, 6.45) is 5.74. The molecule has 0 amide bonds. The van der Waals surface area contributed by atoms with Crippen molar-refractivity contribution in [2.24, 2.45) is 5.92 Å². The minimum Gasteiger partial charge on any atom is -0.354 e. The van der Waals surface area contributed by atoms with Gasteiger partial charge in [-0.25, -0.2) is 9.97 Å². The van der Waals surface area contributed by atoms with Crippen LogP contribution in [0.4, 0.5) is 5.95 Å². The van der Waals surface area contributed by atoms with E-state index in [9.17, 15) is 0 Å². The molecular weight excluding hydrogens is 212 g/mol. The van der Waals surface area contributed by atoms with E-state index >= 15 is 0 Å². The Morgan fingerprint density at radius 2 is 2.27 bits per heavy atom. The molecule has 0 aromatic carbocycles. The van der Waals surface area contributed by atoms with Gasteiger partial charge < -0.3 is 10.6 Å². The largest absolute Gasteiger partial charge is 0.354 e. The summed E-state index contributed by atoms with van der Waals surface area (Å²) < 4.78 is 0. The number of halogens is 1. The number of hydrogen-bond acceptors (Lipinski definition) is 4. The van der Waals surface area contributed by atoms with Crippen LogP contribution in [0.3, 0.4) is 0 Å². The van der Waals surface area contributed by atoms with Crippen LogP contribution in [-0.2, 0) is 0 Å². The molecule has 5 heteroatoms. The standard InChI is InChI=1S/C10H15ClN4/c11-9-6-14-10(15-7-9)13-5-8-2-1-3-12-4-8/h6-8,12H,1-5H2,(H,13,14,15). The fourth-order valence-electron chi connectivity index (χ4n) is 1.74. The molecule has 2 N–H and O–H groups in total. The van der Waals surface area contributed by atoms with E-state index in [1.807, 2.05) is 0 Å². The fraction of sp³-hybridized carbons (Fsp3) is 0.600. The second kappa shape index (κ2) is 5.28. The van der Waals surface area contributed by atoms with Crippen molar-refractivity contribution in [1.29, 1.82) is 0 Å². The van der Waals surface area contributed by atoms with Crippen LogP contribution in [0.5, 0.6) is 0 Å². The van der Waals surface area contributed by atoms with E-state index in [0.717, 1.165) is 19.6 Å². The van der Waals surface area contributed by atoms with Crippen molar-refractivity contribution < 1.29 is 0 Å². The van der Waals surface area contributed by atoms with Crippen molar-refractivity contribution in [3.63, 3.8) is 0 Å². The molecule has 82 valence electrons. The van der Waals surface area contributed by atoms with Crippen LogP contribution in [0.25, 0.3) is 0 Å². The molecule has 15 heavy (non-hydrogen) atoms. The molecule has 0 bridgehead atoms. The van der Waals surface area contributed by atoms with Crippen LogP contribution in [0.15, 0.2) is 12.4 Å². The molecule has 2 heterocycles. The number of anilines is 1. The van der Waals surface area contributed by atoms with Crippen LogP contribution in [0.2, 0.25) is 5.02 Å². The lowest BCUT2D eigenvalue weighted by atomic mass is 10.00. The topological polar surface area (TPSA) is 49.8 Å². The highest BCUT2D eigenvalue weighted by Crippen LogP contribution is 2.11. The van der Waals surface area contributed by atoms with Crippen molar-refractivity contribution in [1.82, 2.24) is 15.3 Å². The maximum absolute atomic E-state index is 5.70. The fourth-order valence-corrected chi connectivity index (χ4v) is 1.84. The summed E-state index contributed by atoms with van der Waals surface area (Å²) in [6.45, 7) is 3.16. The monoisotopic (exact) mass is 226 g/mol. The third-order valence-corrected chi connectivity index (χ3v) is 2.76. The predicted molar refractivity (Wildman–Crippen MR) is 61.1 cm³/mol. The molecule has 0 saturated carbocycles. The number of hydrogen-bond donors (Lipinski definition) is 2. The smallest absolute Gasteiger partial charge is 0.222 e. The molecule has 4 nitrogen and oxygen atoms in total. The van der Waals surface area contributed by atoms with Gasteiger partial charge in [0.25, 0.3) is 0 Å². The highest BCUT2D eigenvalue weighted by atomic mass is 35.5. The van der Waals surface area contributed by atoms with Gasteiger partial charge in [0.2, 0.25) is 5.95 Å². The second-order valence-electron chi connectivity index (χ2n) is 3.82. The first-order valence-corrected chi connectivity index (χ1v) is 5.64. The number of rotatable bonds is 3. The van der Waals surface area contributed by atoms with E-state index in [0.29, 0.717) is 16.9 Å². The van der Waals surface area contributed by atoms with Gasteiger partial charge in [0, 0.05) is 6.54 Å². The Bertz CT molecular complexity index is 295. The van der Waals surface area contributed by atoms with Crippen LogP contribution < -0.4 is 10.6 Å². The summed E-state index contributed by atoms with van der Waals surface area (Å²) >= 11 is 5.70. The molecule has 1 atom stereocenters. The molecule has 1 saturated heterocycles. The zero-order chi connectivity index (χ0) is 10.5. The van der Waals surface area contributed by atoms with Gasteiger partial charge >= 0.3 is 0 Å². The average Bonchev–Trinajstić information content (AvgIpc) is 2.30. The Hall–Kier alpha value is -0.870. The van der Waals surface area contributed by atoms with Gasteiger partial charge in [0.15, 0.2) is 0 Å². The minimum atomic E-state index is 0.569. The maximum atomic E-state index is 5.70. The van der Waals surface area contributed by atoms with E-state index in [-0.39, 0.29) is 0 Å². The SMILES string of the molecule is Clc1cnc(NCC2CCCNC2)nc1. The molecular formula is C10H15ClN4. The Labute approximate surface area is 94.5 Å². The molecule has 0 radical (unpaired) electrons. The summed E-state index contributed by atoms with van der Waals surface area (Å²) in [4.78, 5) is 8.18. The molecule has 1 unspecified atom stereocenters. The number of piperidine rings is 1. The van der Waals surface area contributed by atoms with Crippen molar-refractivity contribution in [2.75, 3.05) is 25.0 Å². The lowest BCUT2D eigenvalue weighted by Gasteiger charge is -2.22. The lowest BCUT2D eigenvalue weighted by molar-refractivity contribution is 0.392. The number of nitrogens with zero attached hydrogens (tertiary/aromatic N) is 2. The van der Waals surface area contributed by atoms with Gasteiger partial charge in [-0.15, -0.1) is 0 Å². The summed E-state index contributed by atoms with van der Waals surface area (Å²) in [6, 6.07) is 0. The van der Waals surface area contributed by atoms with Crippen molar-refractivity contribution in [2.45, 2.75) is 12.8 Å². The summed E-state index contributed by atoms with van der Waals surface area (Å²) in [5.41, 5.74) is 0. The Morgan fingerprint density at radius 3 is 2.93 bits per heavy atom. The Balaban J connectivity index is 1.79. The second-order valence-corrected chi connectivity index (χ2v) is 4.25. The first-order valence-electron chi connectivity index (χ1n) is 5.27. The Morgan fingerprint density at radius 1 is 1.47 bits per heavy atom. The van der Waals surface area contributed by atoms with Gasteiger partial charge in [-0.1, -0.05) is 11.6 Å². The minimum absolute atomic E-state index is 0.569. The van der Waals surface area contributed by atoms with Crippen LogP contribution in [-0.4, -0.2) is 29.6 Å². The molecule has 1 fully saturated rings. The van der Waals surface area contributed by atoms with Gasteiger partial charge in [0.05, 0.1) is 17.4 Å². The van der Waals surface area contributed by atoms with Crippen LogP contribution in [0.1, 0.15) is 12.8 Å².